The summed E-state index contributed by atoms with van der Waals surface area (Å²) in [5.74, 6) is 1.28. The van der Waals surface area contributed by atoms with Gasteiger partial charge in [0, 0.05) is 29.3 Å². The van der Waals surface area contributed by atoms with Crippen molar-refractivity contribution in [3.63, 3.8) is 0 Å². The highest BCUT2D eigenvalue weighted by molar-refractivity contribution is 5.98. The van der Waals surface area contributed by atoms with Crippen molar-refractivity contribution in [2.24, 2.45) is 0 Å². The lowest BCUT2D eigenvalue weighted by Gasteiger charge is -2.16. The first-order valence-electron chi connectivity index (χ1n) is 9.88. The number of halogens is 1. The second-order valence-electron chi connectivity index (χ2n) is 7.31. The van der Waals surface area contributed by atoms with Gasteiger partial charge in [-0.1, -0.05) is 12.1 Å². The van der Waals surface area contributed by atoms with Gasteiger partial charge in [-0.25, -0.2) is 4.39 Å². The zero-order chi connectivity index (χ0) is 21.4. The number of pyridine rings is 1. The van der Waals surface area contributed by atoms with E-state index in [4.69, 9.17) is 9.47 Å². The summed E-state index contributed by atoms with van der Waals surface area (Å²) in [6.07, 6.45) is 2.06. The molecule has 5 rings (SSSR count). The molecule has 5 nitrogen and oxygen atoms in total. The minimum atomic E-state index is -0.282. The fourth-order valence-corrected chi connectivity index (χ4v) is 3.87. The Morgan fingerprint density at radius 3 is 2.35 bits per heavy atom. The molecule has 3 aromatic rings. The summed E-state index contributed by atoms with van der Waals surface area (Å²) in [6, 6.07) is 20.3. The molecule has 3 aromatic carbocycles. The number of hydrogen-bond donors (Lipinski definition) is 0. The fraction of sp³-hybridized carbons (Fsp3) is 0.120. The van der Waals surface area contributed by atoms with Crippen LogP contribution in [-0.2, 0) is 6.54 Å². The first-order chi connectivity index (χ1) is 15.2. The van der Waals surface area contributed by atoms with Crippen LogP contribution in [0.25, 0.3) is 33.4 Å². The van der Waals surface area contributed by atoms with Crippen LogP contribution in [0, 0.1) is 5.82 Å². The molecule has 0 spiro atoms. The Bertz CT molecular complexity index is 1350. The van der Waals surface area contributed by atoms with E-state index < -0.39 is 0 Å². The van der Waals surface area contributed by atoms with E-state index in [-0.39, 0.29) is 5.82 Å². The molecule has 0 radical (unpaired) electrons. The van der Waals surface area contributed by atoms with Gasteiger partial charge >= 0.3 is 0 Å². The molecule has 6 heteroatoms. The van der Waals surface area contributed by atoms with Crippen LogP contribution in [-0.4, -0.2) is 29.0 Å². The van der Waals surface area contributed by atoms with Gasteiger partial charge in [0.1, 0.15) is 28.7 Å². The number of benzene rings is 3. The Kier molecular flexibility index (Phi) is 4.75. The molecule has 0 unspecified atom stereocenters. The largest absolute Gasteiger partial charge is 0.497 e. The monoisotopic (exact) mass is 413 g/mol. The smallest absolute Gasteiger partial charge is 0.123 e. The van der Waals surface area contributed by atoms with Crippen molar-refractivity contribution >= 4 is 10.9 Å². The highest BCUT2D eigenvalue weighted by Crippen LogP contribution is 2.38. The molecule has 0 N–H and O–H groups in total. The molecule has 0 aliphatic carbocycles. The van der Waals surface area contributed by atoms with Gasteiger partial charge in [0.2, 0.25) is 0 Å². The first kappa shape index (κ1) is 19.1. The number of rotatable bonds is 5. The van der Waals surface area contributed by atoms with Crippen LogP contribution in [0.15, 0.2) is 72.9 Å². The van der Waals surface area contributed by atoms with Crippen molar-refractivity contribution < 1.29 is 13.9 Å². The quantitative estimate of drug-likeness (QED) is 0.387. The highest BCUT2D eigenvalue weighted by atomic mass is 19.1. The van der Waals surface area contributed by atoms with E-state index in [1.165, 1.54) is 12.1 Å². The number of hydrogen-bond acceptors (Lipinski definition) is 4. The molecule has 0 atom stereocenters. The molecule has 0 aromatic heterocycles. The third-order valence-electron chi connectivity index (χ3n) is 5.42. The zero-order valence-electron chi connectivity index (χ0n) is 17.2. The second-order valence-corrected chi connectivity index (χ2v) is 7.31. The van der Waals surface area contributed by atoms with Crippen LogP contribution in [0.2, 0.25) is 0 Å². The van der Waals surface area contributed by atoms with Crippen molar-refractivity contribution in [2.45, 2.75) is 6.54 Å². The van der Waals surface area contributed by atoms with E-state index in [2.05, 4.69) is 27.0 Å². The van der Waals surface area contributed by atoms with Gasteiger partial charge in [0.05, 0.1) is 19.7 Å². The third kappa shape index (κ3) is 3.46. The number of aromatic nitrogens is 3. The van der Waals surface area contributed by atoms with Gasteiger partial charge < -0.3 is 14.0 Å². The lowest BCUT2D eigenvalue weighted by molar-refractivity contribution is 0.414. The number of methoxy groups -OCH3 is 2. The second kappa shape index (κ2) is 7.72. The topological polar surface area (TPSA) is 49.2 Å². The first-order valence-corrected chi connectivity index (χ1v) is 9.88. The van der Waals surface area contributed by atoms with Crippen molar-refractivity contribution in [1.29, 1.82) is 0 Å². The number of ether oxygens (including phenoxy) is 2. The van der Waals surface area contributed by atoms with Gasteiger partial charge in [-0.05, 0) is 60.2 Å². The zero-order valence-corrected chi connectivity index (χ0v) is 17.2. The molecule has 0 saturated heterocycles. The van der Waals surface area contributed by atoms with Gasteiger partial charge in [-0.3, -0.25) is 0 Å². The van der Waals surface area contributed by atoms with E-state index in [0.29, 0.717) is 6.54 Å². The summed E-state index contributed by atoms with van der Waals surface area (Å²) in [6.45, 7) is 0.643. The van der Waals surface area contributed by atoms with Gasteiger partial charge in [0.25, 0.3) is 0 Å². The van der Waals surface area contributed by atoms with E-state index >= 15 is 0 Å². The summed E-state index contributed by atoms with van der Waals surface area (Å²) in [4.78, 5) is 0. The standard InChI is InChI=1S/C25H20FN3O2/c1-30-19-5-3-4-16(12-19)14-29-15-22-24(17-6-8-18(26)9-7-17)27-28-25(22)21-13-20(31-2)10-11-23(21)29/h3-13,15H,14H2,1-2H3. The summed E-state index contributed by atoms with van der Waals surface area (Å²) in [5, 5.41) is 9.84. The van der Waals surface area contributed by atoms with Crippen molar-refractivity contribution in [1.82, 2.24) is 14.8 Å². The van der Waals surface area contributed by atoms with Gasteiger partial charge in [-0.2, -0.15) is 0 Å². The SMILES string of the molecule is COc1cccc(Cn2cc3c(-c4ccc(F)cc4)nnc-3c3cc(OC)ccc32)c1. The van der Waals surface area contributed by atoms with Gasteiger partial charge in [0.15, 0.2) is 0 Å². The summed E-state index contributed by atoms with van der Waals surface area (Å²) >= 11 is 0. The Morgan fingerprint density at radius 1 is 0.839 bits per heavy atom. The molecule has 154 valence electrons. The summed E-state index contributed by atoms with van der Waals surface area (Å²) in [5.41, 5.74) is 5.35. The minimum absolute atomic E-state index is 0.282. The Morgan fingerprint density at radius 2 is 1.58 bits per heavy atom. The lowest BCUT2D eigenvalue weighted by atomic mass is 10.0. The Hall–Kier alpha value is -3.93. The van der Waals surface area contributed by atoms with E-state index in [9.17, 15) is 4.39 Å². The minimum Gasteiger partial charge on any atom is -0.497 e. The third-order valence-corrected chi connectivity index (χ3v) is 5.42. The Balaban J connectivity index is 1.72. The van der Waals surface area contributed by atoms with Crippen molar-refractivity contribution in [3.8, 4) is 34.0 Å². The predicted octanol–water partition coefficient (Wildman–Crippen LogP) is 5.41. The molecular formula is C25H20FN3O2. The average molecular weight is 413 g/mol. The van der Waals surface area contributed by atoms with E-state index in [1.807, 2.05) is 36.4 Å². The van der Waals surface area contributed by atoms with Crippen molar-refractivity contribution in [2.75, 3.05) is 14.2 Å². The molecule has 31 heavy (non-hydrogen) atoms. The molecule has 2 heterocycles. The van der Waals surface area contributed by atoms with Crippen LogP contribution in [0.4, 0.5) is 4.39 Å². The normalized spacial score (nSPS) is 11.2. The molecule has 0 bridgehead atoms. The molecular weight excluding hydrogens is 393 g/mol. The van der Waals surface area contributed by atoms with Crippen LogP contribution in [0.3, 0.4) is 0 Å². The van der Waals surface area contributed by atoms with Crippen LogP contribution in [0.5, 0.6) is 11.5 Å². The predicted molar refractivity (Wildman–Crippen MR) is 118 cm³/mol. The molecule has 2 aliphatic rings. The average Bonchev–Trinajstić information content (AvgIpc) is 3.23. The van der Waals surface area contributed by atoms with Crippen LogP contribution in [0.1, 0.15) is 5.56 Å². The van der Waals surface area contributed by atoms with E-state index in [0.717, 1.165) is 50.5 Å². The summed E-state index contributed by atoms with van der Waals surface area (Å²) in [7, 11) is 3.31. The van der Waals surface area contributed by atoms with Crippen LogP contribution < -0.4 is 9.47 Å². The molecule has 2 aliphatic heterocycles. The fourth-order valence-electron chi connectivity index (χ4n) is 3.87. The van der Waals surface area contributed by atoms with E-state index in [1.54, 1.807) is 26.4 Å². The Labute approximate surface area is 179 Å². The maximum Gasteiger partial charge on any atom is 0.123 e. The molecule has 0 amide bonds. The number of fused-ring (bicyclic) bond motifs is 3. The molecule has 0 fully saturated rings. The lowest BCUT2D eigenvalue weighted by Crippen LogP contribution is -2.04. The number of nitrogens with zero attached hydrogens (tertiary/aromatic N) is 3. The van der Waals surface area contributed by atoms with Crippen molar-refractivity contribution in [3.05, 3.63) is 84.3 Å². The maximum absolute atomic E-state index is 13.4. The van der Waals surface area contributed by atoms with Gasteiger partial charge in [-0.15, -0.1) is 10.2 Å². The summed E-state index contributed by atoms with van der Waals surface area (Å²) < 4.78 is 26.4. The highest BCUT2D eigenvalue weighted by Gasteiger charge is 2.21. The van der Waals surface area contributed by atoms with Crippen LogP contribution >= 0.6 is 0 Å². The molecule has 0 saturated carbocycles. The maximum atomic E-state index is 13.4.